The van der Waals surface area contributed by atoms with Crippen molar-refractivity contribution in [1.82, 2.24) is 19.6 Å². The molecule has 0 atom stereocenters. The fraction of sp³-hybridized carbons (Fsp3) is 0. The van der Waals surface area contributed by atoms with E-state index in [4.69, 9.17) is 0 Å². The summed E-state index contributed by atoms with van der Waals surface area (Å²) >= 11 is 3.37. The van der Waals surface area contributed by atoms with Gasteiger partial charge < -0.3 is 5.32 Å². The van der Waals surface area contributed by atoms with E-state index in [1.807, 2.05) is 18.3 Å². The van der Waals surface area contributed by atoms with Crippen LogP contribution < -0.4 is 10.6 Å². The van der Waals surface area contributed by atoms with Gasteiger partial charge in [-0.1, -0.05) is 15.9 Å². The molecule has 3 aromatic rings. The van der Waals surface area contributed by atoms with Crippen molar-refractivity contribution in [2.45, 2.75) is 0 Å². The molecule has 3 heterocycles. The summed E-state index contributed by atoms with van der Waals surface area (Å²) in [4.78, 5) is 16.0. The maximum atomic E-state index is 11.8. The van der Waals surface area contributed by atoms with Crippen molar-refractivity contribution in [3.63, 3.8) is 0 Å². The number of urea groups is 1. The van der Waals surface area contributed by atoms with Crippen LogP contribution in [0.1, 0.15) is 0 Å². The molecule has 0 saturated carbocycles. The van der Waals surface area contributed by atoms with Crippen LogP contribution in [-0.2, 0) is 0 Å². The van der Waals surface area contributed by atoms with E-state index in [0.29, 0.717) is 11.5 Å². The topological polar surface area (TPSA) is 87.1 Å². The zero-order valence-electron chi connectivity index (χ0n) is 9.59. The fourth-order valence-corrected chi connectivity index (χ4v) is 1.97. The van der Waals surface area contributed by atoms with Crippen LogP contribution >= 0.6 is 15.9 Å². The number of fused-ring (bicyclic) bond motifs is 1. The molecule has 96 valence electrons. The lowest BCUT2D eigenvalue weighted by Gasteiger charge is -2.05. The summed E-state index contributed by atoms with van der Waals surface area (Å²) in [6, 6.07) is 3.37. The standard InChI is InChI=1S/C11H9BrN6O/c12-7-1-2-18-9(3-7)13-6-10(18)17-11(19)16-8-4-14-15-5-8/h1-6H,(H,14,15)(H2,16,17,19). The van der Waals surface area contributed by atoms with Gasteiger partial charge in [0.05, 0.1) is 18.1 Å². The highest BCUT2D eigenvalue weighted by molar-refractivity contribution is 9.10. The molecule has 8 heteroatoms. The van der Waals surface area contributed by atoms with Gasteiger partial charge in [0.25, 0.3) is 0 Å². The van der Waals surface area contributed by atoms with E-state index in [2.05, 4.69) is 41.7 Å². The number of carbonyl (C=O) groups excluding carboxylic acids is 1. The lowest BCUT2D eigenvalue weighted by atomic mass is 10.5. The Labute approximate surface area is 116 Å². The molecule has 0 saturated heterocycles. The molecule has 0 aliphatic rings. The molecule has 0 fully saturated rings. The smallest absolute Gasteiger partial charge is 0.305 e. The summed E-state index contributed by atoms with van der Waals surface area (Å²) in [7, 11) is 0. The van der Waals surface area contributed by atoms with Gasteiger partial charge in [-0.2, -0.15) is 5.10 Å². The normalized spacial score (nSPS) is 10.6. The van der Waals surface area contributed by atoms with Crippen LogP contribution in [0.3, 0.4) is 0 Å². The molecular weight excluding hydrogens is 312 g/mol. The van der Waals surface area contributed by atoms with Crippen LogP contribution in [0.15, 0.2) is 41.4 Å². The third-order valence-electron chi connectivity index (χ3n) is 2.47. The van der Waals surface area contributed by atoms with Crippen molar-refractivity contribution >= 4 is 39.1 Å². The highest BCUT2D eigenvalue weighted by atomic mass is 79.9. The first-order valence-corrected chi connectivity index (χ1v) is 6.21. The third-order valence-corrected chi connectivity index (χ3v) is 2.97. The van der Waals surface area contributed by atoms with Gasteiger partial charge in [0.2, 0.25) is 0 Å². The Bertz CT molecular complexity index is 720. The number of aromatic nitrogens is 4. The number of amides is 2. The molecule has 0 bridgehead atoms. The average molecular weight is 321 g/mol. The second kappa shape index (κ2) is 4.73. The largest absolute Gasteiger partial charge is 0.324 e. The van der Waals surface area contributed by atoms with E-state index in [-0.39, 0.29) is 6.03 Å². The SMILES string of the molecule is O=C(Nc1cn[nH]c1)Nc1cnc2cc(Br)ccn12. The van der Waals surface area contributed by atoms with Crippen LogP contribution in [-0.4, -0.2) is 25.6 Å². The first-order chi connectivity index (χ1) is 9.22. The van der Waals surface area contributed by atoms with Crippen molar-refractivity contribution < 1.29 is 4.79 Å². The molecule has 19 heavy (non-hydrogen) atoms. The number of hydrogen-bond acceptors (Lipinski definition) is 3. The predicted octanol–water partition coefficient (Wildman–Crippen LogP) is 2.46. The van der Waals surface area contributed by atoms with Crippen LogP contribution in [0.2, 0.25) is 0 Å². The van der Waals surface area contributed by atoms with E-state index < -0.39 is 0 Å². The summed E-state index contributed by atoms with van der Waals surface area (Å²) < 4.78 is 2.71. The second-order valence-electron chi connectivity index (χ2n) is 3.78. The first-order valence-electron chi connectivity index (χ1n) is 5.42. The Morgan fingerprint density at radius 2 is 2.26 bits per heavy atom. The molecule has 0 aliphatic heterocycles. The molecule has 3 N–H and O–H groups in total. The van der Waals surface area contributed by atoms with Gasteiger partial charge in [-0.15, -0.1) is 0 Å². The van der Waals surface area contributed by atoms with Crippen molar-refractivity contribution in [1.29, 1.82) is 0 Å². The Balaban J connectivity index is 1.79. The number of hydrogen-bond donors (Lipinski definition) is 3. The summed E-state index contributed by atoms with van der Waals surface area (Å²) in [5.74, 6) is 0.587. The summed E-state index contributed by atoms with van der Waals surface area (Å²) in [5, 5.41) is 11.7. The summed E-state index contributed by atoms with van der Waals surface area (Å²) in [6.45, 7) is 0. The van der Waals surface area contributed by atoms with Crippen molar-refractivity contribution in [2.24, 2.45) is 0 Å². The Morgan fingerprint density at radius 3 is 3.05 bits per heavy atom. The molecule has 3 rings (SSSR count). The van der Waals surface area contributed by atoms with E-state index in [1.165, 1.54) is 6.20 Å². The molecular formula is C11H9BrN6O. The molecule has 2 amide bonds. The fourth-order valence-electron chi connectivity index (χ4n) is 1.65. The van der Waals surface area contributed by atoms with Gasteiger partial charge in [0.1, 0.15) is 11.5 Å². The van der Waals surface area contributed by atoms with Crippen LogP contribution in [0, 0.1) is 0 Å². The minimum absolute atomic E-state index is 0.355. The third kappa shape index (κ3) is 2.43. The number of aromatic amines is 1. The van der Waals surface area contributed by atoms with Crippen LogP contribution in [0.5, 0.6) is 0 Å². The maximum absolute atomic E-state index is 11.8. The molecule has 3 aromatic heterocycles. The lowest BCUT2D eigenvalue weighted by Crippen LogP contribution is -2.19. The number of halogens is 1. The molecule has 0 spiro atoms. The van der Waals surface area contributed by atoms with Gasteiger partial charge >= 0.3 is 6.03 Å². The Morgan fingerprint density at radius 1 is 1.37 bits per heavy atom. The first kappa shape index (κ1) is 11.7. The van der Waals surface area contributed by atoms with Crippen LogP contribution in [0.25, 0.3) is 5.65 Å². The zero-order valence-corrected chi connectivity index (χ0v) is 11.2. The minimum atomic E-state index is -0.355. The molecule has 0 aromatic carbocycles. The number of pyridine rings is 1. The molecule has 7 nitrogen and oxygen atoms in total. The minimum Gasteiger partial charge on any atom is -0.305 e. The number of H-pyrrole nitrogens is 1. The predicted molar refractivity (Wildman–Crippen MR) is 74.1 cm³/mol. The van der Waals surface area contributed by atoms with Gasteiger partial charge in [0.15, 0.2) is 0 Å². The van der Waals surface area contributed by atoms with Crippen molar-refractivity contribution in [3.8, 4) is 0 Å². The highest BCUT2D eigenvalue weighted by Crippen LogP contribution is 2.17. The number of rotatable bonds is 2. The van der Waals surface area contributed by atoms with Gasteiger partial charge in [-0.05, 0) is 12.1 Å². The number of nitrogens with zero attached hydrogens (tertiary/aromatic N) is 3. The number of nitrogens with one attached hydrogen (secondary N) is 3. The van der Waals surface area contributed by atoms with E-state index in [1.54, 1.807) is 16.8 Å². The lowest BCUT2D eigenvalue weighted by molar-refractivity contribution is 0.262. The monoisotopic (exact) mass is 320 g/mol. The maximum Gasteiger partial charge on any atom is 0.324 e. The Kier molecular flexibility index (Phi) is 2.92. The quantitative estimate of drug-likeness (QED) is 0.677. The van der Waals surface area contributed by atoms with E-state index in [0.717, 1.165) is 10.1 Å². The van der Waals surface area contributed by atoms with Gasteiger partial charge in [-0.25, -0.2) is 9.78 Å². The average Bonchev–Trinajstić information content (AvgIpc) is 2.99. The number of carbonyl (C=O) groups is 1. The van der Waals surface area contributed by atoms with Crippen molar-refractivity contribution in [2.75, 3.05) is 10.6 Å². The second-order valence-corrected chi connectivity index (χ2v) is 4.70. The van der Waals surface area contributed by atoms with E-state index in [9.17, 15) is 4.79 Å². The van der Waals surface area contributed by atoms with Gasteiger partial charge in [-0.3, -0.25) is 14.8 Å². The van der Waals surface area contributed by atoms with Crippen LogP contribution in [0.4, 0.5) is 16.3 Å². The zero-order chi connectivity index (χ0) is 13.2. The summed E-state index contributed by atoms with van der Waals surface area (Å²) in [5.41, 5.74) is 1.34. The molecule has 0 aliphatic carbocycles. The van der Waals surface area contributed by atoms with E-state index >= 15 is 0 Å². The van der Waals surface area contributed by atoms with Gasteiger partial charge in [0, 0.05) is 16.9 Å². The Hall–Kier alpha value is -2.35. The summed E-state index contributed by atoms with van der Waals surface area (Å²) in [6.07, 6.45) is 6.52. The molecule has 0 unspecified atom stereocenters. The van der Waals surface area contributed by atoms with Crippen molar-refractivity contribution in [3.05, 3.63) is 41.4 Å². The number of anilines is 2. The molecule has 0 radical (unpaired) electrons. The number of imidazole rings is 1. The highest BCUT2D eigenvalue weighted by Gasteiger charge is 2.08.